The number of sulfone groups is 1. The monoisotopic (exact) mass is 285 g/mol. The Balaban J connectivity index is 2.84. The number of hydrogen-bond donors (Lipinski definition) is 3. The van der Waals surface area contributed by atoms with Gasteiger partial charge in [0.15, 0.2) is 15.7 Å². The van der Waals surface area contributed by atoms with Crippen LogP contribution in [0.15, 0.2) is 34.3 Å². The number of hydrogen-bond acceptors (Lipinski definition) is 5. The van der Waals surface area contributed by atoms with Gasteiger partial charge < -0.3 is 16.3 Å². The van der Waals surface area contributed by atoms with Gasteiger partial charge in [0.25, 0.3) is 0 Å². The van der Waals surface area contributed by atoms with Gasteiger partial charge in [-0.2, -0.15) is 0 Å². The largest absolute Gasteiger partial charge is 0.409 e. The molecule has 0 unspecified atom stereocenters. The van der Waals surface area contributed by atoms with Crippen molar-refractivity contribution in [2.24, 2.45) is 10.9 Å². The van der Waals surface area contributed by atoms with Crippen molar-refractivity contribution in [3.63, 3.8) is 0 Å². The first-order valence-corrected chi connectivity index (χ1v) is 7.68. The van der Waals surface area contributed by atoms with Gasteiger partial charge in [0, 0.05) is 12.1 Å². The predicted octanol–water partition coefficient (Wildman–Crippen LogP) is 0.554. The third-order valence-corrected chi connectivity index (χ3v) is 4.28. The van der Waals surface area contributed by atoms with Gasteiger partial charge in [-0.05, 0) is 25.1 Å². The average Bonchev–Trinajstić information content (AvgIpc) is 2.43. The summed E-state index contributed by atoms with van der Waals surface area (Å²) < 4.78 is 24.2. The van der Waals surface area contributed by atoms with Gasteiger partial charge in [-0.1, -0.05) is 24.2 Å². The molecule has 1 aromatic carbocycles. The highest BCUT2D eigenvalue weighted by atomic mass is 32.2. The lowest BCUT2D eigenvalue weighted by molar-refractivity contribution is 0.318. The topological polar surface area (TPSA) is 105 Å². The summed E-state index contributed by atoms with van der Waals surface area (Å²) in [5, 5.41) is 14.5. The second kappa shape index (κ2) is 7.10. The molecule has 19 heavy (non-hydrogen) atoms. The molecule has 0 aliphatic rings. The van der Waals surface area contributed by atoms with Crippen molar-refractivity contribution < 1.29 is 13.6 Å². The van der Waals surface area contributed by atoms with Crippen LogP contribution in [0.2, 0.25) is 0 Å². The third kappa shape index (κ3) is 4.53. The van der Waals surface area contributed by atoms with E-state index in [1.54, 1.807) is 12.1 Å². The van der Waals surface area contributed by atoms with E-state index in [0.717, 1.165) is 13.0 Å². The molecule has 0 fully saturated rings. The van der Waals surface area contributed by atoms with Crippen LogP contribution in [0.1, 0.15) is 18.9 Å². The first kappa shape index (κ1) is 15.5. The molecule has 6 nitrogen and oxygen atoms in total. The highest BCUT2D eigenvalue weighted by molar-refractivity contribution is 7.91. The van der Waals surface area contributed by atoms with Gasteiger partial charge in [0.1, 0.15) is 0 Å². The van der Waals surface area contributed by atoms with E-state index >= 15 is 0 Å². The molecule has 0 saturated heterocycles. The van der Waals surface area contributed by atoms with Crippen molar-refractivity contribution in [2.45, 2.75) is 18.2 Å². The molecule has 1 rings (SSSR count). The summed E-state index contributed by atoms with van der Waals surface area (Å²) in [6, 6.07) is 6.07. The first-order chi connectivity index (χ1) is 9.01. The fourth-order valence-electron chi connectivity index (χ4n) is 1.53. The number of amidine groups is 1. The minimum Gasteiger partial charge on any atom is -0.409 e. The minimum atomic E-state index is -3.36. The SMILES string of the molecule is CCCNCCS(=O)(=O)c1cccc(/C(N)=N/O)c1. The Labute approximate surface area is 113 Å². The number of nitrogens with two attached hydrogens (primary N) is 1. The van der Waals surface area contributed by atoms with Crippen LogP contribution in [0.5, 0.6) is 0 Å². The van der Waals surface area contributed by atoms with Gasteiger partial charge in [-0.25, -0.2) is 8.42 Å². The summed E-state index contributed by atoms with van der Waals surface area (Å²) in [6.45, 7) is 3.21. The molecule has 0 aliphatic heterocycles. The highest BCUT2D eigenvalue weighted by Crippen LogP contribution is 2.13. The lowest BCUT2D eigenvalue weighted by Gasteiger charge is -2.07. The molecule has 0 aliphatic carbocycles. The van der Waals surface area contributed by atoms with Crippen LogP contribution < -0.4 is 11.1 Å². The van der Waals surface area contributed by atoms with Gasteiger partial charge in [-0.3, -0.25) is 0 Å². The number of benzene rings is 1. The molecular formula is C12H19N3O3S. The lowest BCUT2D eigenvalue weighted by Crippen LogP contribution is -2.24. The van der Waals surface area contributed by atoms with E-state index < -0.39 is 9.84 Å². The molecule has 0 amide bonds. The maximum absolute atomic E-state index is 12.1. The molecule has 7 heteroatoms. The zero-order valence-corrected chi connectivity index (χ0v) is 11.7. The van der Waals surface area contributed by atoms with Crippen LogP contribution in [-0.4, -0.2) is 38.3 Å². The average molecular weight is 285 g/mol. The molecule has 0 saturated carbocycles. The number of rotatable bonds is 7. The zero-order chi connectivity index (χ0) is 14.3. The zero-order valence-electron chi connectivity index (χ0n) is 10.8. The summed E-state index contributed by atoms with van der Waals surface area (Å²) >= 11 is 0. The van der Waals surface area contributed by atoms with Crippen molar-refractivity contribution in [3.05, 3.63) is 29.8 Å². The maximum Gasteiger partial charge on any atom is 0.179 e. The quantitative estimate of drug-likeness (QED) is 0.223. The van der Waals surface area contributed by atoms with E-state index in [-0.39, 0.29) is 16.5 Å². The molecule has 0 atom stereocenters. The van der Waals surface area contributed by atoms with E-state index in [1.165, 1.54) is 12.1 Å². The third-order valence-electron chi connectivity index (χ3n) is 2.57. The van der Waals surface area contributed by atoms with Gasteiger partial charge in [0.05, 0.1) is 10.6 Å². The Morgan fingerprint density at radius 2 is 2.16 bits per heavy atom. The minimum absolute atomic E-state index is 0.0205. The van der Waals surface area contributed by atoms with Crippen LogP contribution in [0, 0.1) is 0 Å². The van der Waals surface area contributed by atoms with E-state index in [1.807, 2.05) is 6.92 Å². The van der Waals surface area contributed by atoms with E-state index in [0.29, 0.717) is 12.1 Å². The van der Waals surface area contributed by atoms with Crippen LogP contribution in [0.4, 0.5) is 0 Å². The second-order valence-corrected chi connectivity index (χ2v) is 6.19. The Morgan fingerprint density at radius 1 is 1.42 bits per heavy atom. The summed E-state index contributed by atoms with van der Waals surface area (Å²) in [5.74, 6) is -0.0896. The second-order valence-electron chi connectivity index (χ2n) is 4.08. The molecule has 0 spiro atoms. The fraction of sp³-hybridized carbons (Fsp3) is 0.417. The predicted molar refractivity (Wildman–Crippen MR) is 74.2 cm³/mol. The van der Waals surface area contributed by atoms with Crippen molar-refractivity contribution in [1.29, 1.82) is 0 Å². The van der Waals surface area contributed by atoms with E-state index in [9.17, 15) is 8.42 Å². The van der Waals surface area contributed by atoms with Crippen molar-refractivity contribution in [3.8, 4) is 0 Å². The normalized spacial score (nSPS) is 12.6. The van der Waals surface area contributed by atoms with Gasteiger partial charge >= 0.3 is 0 Å². The van der Waals surface area contributed by atoms with Crippen LogP contribution in [0.25, 0.3) is 0 Å². The Hall–Kier alpha value is -1.60. The molecule has 0 bridgehead atoms. The standard InChI is InChI=1S/C12H19N3O3S/c1-2-6-14-7-8-19(17,18)11-5-3-4-10(9-11)12(13)15-16/h3-5,9,14,16H,2,6-8H2,1H3,(H2,13,15). The Kier molecular flexibility index (Phi) is 5.78. The Bertz CT molecular complexity index is 541. The smallest absolute Gasteiger partial charge is 0.179 e. The molecule has 0 heterocycles. The first-order valence-electron chi connectivity index (χ1n) is 6.02. The van der Waals surface area contributed by atoms with Crippen LogP contribution in [0.3, 0.4) is 0 Å². The molecule has 106 valence electrons. The summed E-state index contributed by atoms with van der Waals surface area (Å²) in [6.07, 6.45) is 0.957. The van der Waals surface area contributed by atoms with Crippen molar-refractivity contribution in [2.75, 3.05) is 18.8 Å². The molecule has 0 aromatic heterocycles. The van der Waals surface area contributed by atoms with Crippen molar-refractivity contribution >= 4 is 15.7 Å². The molecular weight excluding hydrogens is 266 g/mol. The fourth-order valence-corrected chi connectivity index (χ4v) is 2.77. The van der Waals surface area contributed by atoms with Crippen LogP contribution in [-0.2, 0) is 9.84 Å². The van der Waals surface area contributed by atoms with Crippen molar-refractivity contribution in [1.82, 2.24) is 5.32 Å². The molecule has 1 aromatic rings. The Morgan fingerprint density at radius 3 is 2.79 bits per heavy atom. The number of nitrogens with one attached hydrogen (secondary N) is 1. The summed E-state index contributed by atoms with van der Waals surface area (Å²) in [4.78, 5) is 0.176. The lowest BCUT2D eigenvalue weighted by atomic mass is 10.2. The number of nitrogens with zero attached hydrogens (tertiary/aromatic N) is 1. The van der Waals surface area contributed by atoms with Gasteiger partial charge in [0.2, 0.25) is 0 Å². The summed E-state index contributed by atoms with van der Waals surface area (Å²) in [5.41, 5.74) is 5.82. The molecule has 0 radical (unpaired) electrons. The van der Waals surface area contributed by atoms with E-state index in [4.69, 9.17) is 10.9 Å². The highest BCUT2D eigenvalue weighted by Gasteiger charge is 2.15. The number of oxime groups is 1. The summed E-state index contributed by atoms with van der Waals surface area (Å²) in [7, 11) is -3.36. The molecule has 4 N–H and O–H groups in total. The maximum atomic E-state index is 12.1. The van der Waals surface area contributed by atoms with E-state index in [2.05, 4.69) is 10.5 Å². The van der Waals surface area contributed by atoms with Crippen LogP contribution >= 0.6 is 0 Å². The van der Waals surface area contributed by atoms with Gasteiger partial charge in [-0.15, -0.1) is 0 Å².